The van der Waals surface area contributed by atoms with Gasteiger partial charge in [-0.05, 0) is 56.5 Å². The van der Waals surface area contributed by atoms with Gasteiger partial charge in [-0.3, -0.25) is 10.1 Å². The van der Waals surface area contributed by atoms with E-state index >= 15 is 0 Å². The van der Waals surface area contributed by atoms with Gasteiger partial charge in [0.1, 0.15) is 5.75 Å². The van der Waals surface area contributed by atoms with E-state index in [0.29, 0.717) is 16.8 Å². The molecule has 0 saturated carbocycles. The number of thiazole rings is 1. The molecule has 2 heterocycles. The summed E-state index contributed by atoms with van der Waals surface area (Å²) in [5.74, 6) is 1.08. The SMILES string of the molecule is Cc1cccc(OCC(=O)Nc2ncc(C3CCNCC3)s2)c1. The van der Waals surface area contributed by atoms with Gasteiger partial charge in [-0.15, -0.1) is 11.3 Å². The first-order chi connectivity index (χ1) is 11.2. The van der Waals surface area contributed by atoms with Crippen molar-refractivity contribution in [2.24, 2.45) is 0 Å². The molecule has 1 aliphatic rings. The molecule has 2 N–H and O–H groups in total. The number of carbonyl (C=O) groups excluding carboxylic acids is 1. The Morgan fingerprint density at radius 3 is 3.04 bits per heavy atom. The standard InChI is InChI=1S/C17H21N3O2S/c1-12-3-2-4-14(9-12)22-11-16(21)20-17-19-10-15(23-17)13-5-7-18-8-6-13/h2-4,9-10,13,18H,5-8,11H2,1H3,(H,19,20,21). The van der Waals surface area contributed by atoms with Crippen LogP contribution in [0.4, 0.5) is 5.13 Å². The highest BCUT2D eigenvalue weighted by Gasteiger charge is 2.18. The zero-order valence-electron chi connectivity index (χ0n) is 13.2. The lowest BCUT2D eigenvalue weighted by Gasteiger charge is -2.20. The minimum absolute atomic E-state index is 0.00822. The van der Waals surface area contributed by atoms with Crippen LogP contribution in [0.1, 0.15) is 29.2 Å². The summed E-state index contributed by atoms with van der Waals surface area (Å²) in [5.41, 5.74) is 1.11. The Kier molecular flexibility index (Phi) is 5.25. The van der Waals surface area contributed by atoms with Gasteiger partial charge in [0.25, 0.3) is 5.91 Å². The number of nitrogens with zero attached hydrogens (tertiary/aromatic N) is 1. The number of carbonyl (C=O) groups is 1. The van der Waals surface area contributed by atoms with E-state index in [-0.39, 0.29) is 12.5 Å². The van der Waals surface area contributed by atoms with Crippen LogP contribution in [-0.2, 0) is 4.79 Å². The number of amides is 1. The fourth-order valence-corrected chi connectivity index (χ4v) is 3.65. The van der Waals surface area contributed by atoms with E-state index in [1.165, 1.54) is 4.88 Å². The van der Waals surface area contributed by atoms with E-state index in [2.05, 4.69) is 15.6 Å². The molecule has 0 radical (unpaired) electrons. The first-order valence-corrected chi connectivity index (χ1v) is 8.68. The highest BCUT2D eigenvalue weighted by molar-refractivity contribution is 7.15. The predicted molar refractivity (Wildman–Crippen MR) is 92.3 cm³/mol. The molecule has 0 unspecified atom stereocenters. The summed E-state index contributed by atoms with van der Waals surface area (Å²) in [5, 5.41) is 6.82. The number of nitrogens with one attached hydrogen (secondary N) is 2. The third kappa shape index (κ3) is 4.53. The Bertz CT molecular complexity index is 665. The van der Waals surface area contributed by atoms with E-state index in [9.17, 15) is 4.79 Å². The molecule has 0 bridgehead atoms. The molecular weight excluding hydrogens is 310 g/mol. The lowest BCUT2D eigenvalue weighted by molar-refractivity contribution is -0.118. The van der Waals surface area contributed by atoms with Crippen LogP contribution in [-0.4, -0.2) is 30.6 Å². The Morgan fingerprint density at radius 2 is 2.26 bits per heavy atom. The van der Waals surface area contributed by atoms with E-state index in [4.69, 9.17) is 4.74 Å². The molecule has 1 amide bonds. The van der Waals surface area contributed by atoms with Crippen molar-refractivity contribution in [3.8, 4) is 5.75 Å². The number of hydrogen-bond donors (Lipinski definition) is 2. The maximum Gasteiger partial charge on any atom is 0.264 e. The van der Waals surface area contributed by atoms with Crippen molar-refractivity contribution in [2.75, 3.05) is 25.0 Å². The average molecular weight is 331 g/mol. The van der Waals surface area contributed by atoms with Gasteiger partial charge >= 0.3 is 0 Å². The fraction of sp³-hybridized carbons (Fsp3) is 0.412. The largest absolute Gasteiger partial charge is 0.484 e. The van der Waals surface area contributed by atoms with Crippen LogP contribution in [0, 0.1) is 6.92 Å². The number of rotatable bonds is 5. The van der Waals surface area contributed by atoms with Crippen LogP contribution in [0.15, 0.2) is 30.5 Å². The third-order valence-corrected chi connectivity index (χ3v) is 4.95. The van der Waals surface area contributed by atoms with Crippen molar-refractivity contribution >= 4 is 22.4 Å². The smallest absolute Gasteiger partial charge is 0.264 e. The lowest BCUT2D eigenvalue weighted by atomic mass is 9.97. The topological polar surface area (TPSA) is 63.2 Å². The second-order valence-corrected chi connectivity index (χ2v) is 6.81. The number of ether oxygens (including phenoxy) is 1. The minimum atomic E-state index is -0.183. The summed E-state index contributed by atoms with van der Waals surface area (Å²) in [4.78, 5) is 17.5. The van der Waals surface area contributed by atoms with Crippen molar-refractivity contribution in [2.45, 2.75) is 25.7 Å². The van der Waals surface area contributed by atoms with Crippen LogP contribution < -0.4 is 15.4 Å². The first-order valence-electron chi connectivity index (χ1n) is 7.86. The Hall–Kier alpha value is -1.92. The molecule has 1 aliphatic heterocycles. The zero-order valence-corrected chi connectivity index (χ0v) is 14.0. The highest BCUT2D eigenvalue weighted by atomic mass is 32.1. The summed E-state index contributed by atoms with van der Waals surface area (Å²) in [6, 6.07) is 7.66. The van der Waals surface area contributed by atoms with Crippen LogP contribution in [0.25, 0.3) is 0 Å². The summed E-state index contributed by atoms with van der Waals surface area (Å²) in [7, 11) is 0. The van der Waals surface area contributed by atoms with Crippen LogP contribution in [0.5, 0.6) is 5.75 Å². The number of piperidine rings is 1. The van der Waals surface area contributed by atoms with Crippen molar-refractivity contribution < 1.29 is 9.53 Å². The minimum Gasteiger partial charge on any atom is -0.484 e. The van der Waals surface area contributed by atoms with Crippen molar-refractivity contribution in [1.29, 1.82) is 0 Å². The van der Waals surface area contributed by atoms with Crippen molar-refractivity contribution in [3.05, 3.63) is 40.9 Å². The molecule has 1 saturated heterocycles. The second kappa shape index (κ2) is 7.57. The molecular formula is C17H21N3O2S. The molecule has 0 atom stereocenters. The van der Waals surface area contributed by atoms with Gasteiger partial charge in [-0.1, -0.05) is 12.1 Å². The molecule has 1 aromatic carbocycles. The van der Waals surface area contributed by atoms with E-state index in [0.717, 1.165) is 31.5 Å². The summed E-state index contributed by atoms with van der Waals surface area (Å²) in [6.07, 6.45) is 4.15. The normalized spacial score (nSPS) is 15.3. The van der Waals surface area contributed by atoms with Gasteiger partial charge in [0.2, 0.25) is 0 Å². The lowest BCUT2D eigenvalue weighted by Crippen LogP contribution is -2.26. The number of aryl methyl sites for hydroxylation is 1. The van der Waals surface area contributed by atoms with E-state index < -0.39 is 0 Å². The molecule has 122 valence electrons. The van der Waals surface area contributed by atoms with Crippen LogP contribution >= 0.6 is 11.3 Å². The molecule has 23 heavy (non-hydrogen) atoms. The van der Waals surface area contributed by atoms with Crippen LogP contribution in [0.3, 0.4) is 0 Å². The zero-order chi connectivity index (χ0) is 16.1. The Balaban J connectivity index is 1.50. The molecule has 2 aromatic rings. The Morgan fingerprint density at radius 1 is 1.43 bits per heavy atom. The van der Waals surface area contributed by atoms with Gasteiger partial charge in [-0.2, -0.15) is 0 Å². The predicted octanol–water partition coefficient (Wildman–Crippen LogP) is 2.94. The van der Waals surface area contributed by atoms with Gasteiger partial charge in [0.15, 0.2) is 11.7 Å². The summed E-state index contributed by atoms with van der Waals surface area (Å²) in [6.45, 7) is 4.08. The average Bonchev–Trinajstić information content (AvgIpc) is 3.02. The van der Waals surface area contributed by atoms with Gasteiger partial charge in [0, 0.05) is 11.1 Å². The first kappa shape index (κ1) is 16.0. The second-order valence-electron chi connectivity index (χ2n) is 5.75. The fourth-order valence-electron chi connectivity index (χ4n) is 2.65. The molecule has 1 fully saturated rings. The number of benzene rings is 1. The highest BCUT2D eigenvalue weighted by Crippen LogP contribution is 2.31. The van der Waals surface area contributed by atoms with Crippen LogP contribution in [0.2, 0.25) is 0 Å². The van der Waals surface area contributed by atoms with Crippen molar-refractivity contribution in [3.63, 3.8) is 0 Å². The molecule has 5 nitrogen and oxygen atoms in total. The Labute approximate surface area is 140 Å². The third-order valence-electron chi connectivity index (χ3n) is 3.87. The molecule has 1 aromatic heterocycles. The van der Waals surface area contributed by atoms with E-state index in [1.54, 1.807) is 11.3 Å². The van der Waals surface area contributed by atoms with E-state index in [1.807, 2.05) is 37.4 Å². The molecule has 3 rings (SSSR count). The monoisotopic (exact) mass is 331 g/mol. The molecule has 6 heteroatoms. The van der Waals surface area contributed by atoms with Gasteiger partial charge < -0.3 is 10.1 Å². The van der Waals surface area contributed by atoms with Crippen molar-refractivity contribution in [1.82, 2.24) is 10.3 Å². The molecule has 0 aliphatic carbocycles. The number of aromatic nitrogens is 1. The number of anilines is 1. The summed E-state index contributed by atoms with van der Waals surface area (Å²) >= 11 is 1.57. The summed E-state index contributed by atoms with van der Waals surface area (Å²) < 4.78 is 5.50. The quantitative estimate of drug-likeness (QED) is 0.884. The van der Waals surface area contributed by atoms with Gasteiger partial charge in [0.05, 0.1) is 0 Å². The molecule has 0 spiro atoms. The van der Waals surface area contributed by atoms with Gasteiger partial charge in [-0.25, -0.2) is 4.98 Å². The number of hydrogen-bond acceptors (Lipinski definition) is 5. The maximum absolute atomic E-state index is 12.0. The maximum atomic E-state index is 12.0.